The van der Waals surface area contributed by atoms with Crippen molar-refractivity contribution in [2.75, 3.05) is 0 Å². The predicted octanol–water partition coefficient (Wildman–Crippen LogP) is 0.530. The van der Waals surface area contributed by atoms with E-state index in [1.165, 1.54) is 18.2 Å². The zero-order valence-corrected chi connectivity index (χ0v) is 9.72. The van der Waals surface area contributed by atoms with Crippen molar-refractivity contribution in [3.05, 3.63) is 41.8 Å². The molecule has 2 rings (SSSR count). The van der Waals surface area contributed by atoms with E-state index in [4.69, 9.17) is 10.4 Å². The zero-order valence-electron chi connectivity index (χ0n) is 8.91. The molecule has 0 saturated carbocycles. The van der Waals surface area contributed by atoms with E-state index in [1.54, 1.807) is 6.07 Å². The minimum atomic E-state index is -4.14. The molecule has 2 N–H and O–H groups in total. The summed E-state index contributed by atoms with van der Waals surface area (Å²) in [5, 5.41) is 17.1. The van der Waals surface area contributed by atoms with E-state index < -0.39 is 20.9 Å². The molecule has 0 fully saturated rings. The number of nitrogens with two attached hydrogens (primary N) is 1. The van der Waals surface area contributed by atoms with Gasteiger partial charge in [-0.3, -0.25) is 0 Å². The van der Waals surface area contributed by atoms with Gasteiger partial charge in [0.05, 0.1) is 11.9 Å². The molecule has 6 nitrogen and oxygen atoms in total. The Hall–Kier alpha value is -2.24. The lowest BCUT2D eigenvalue weighted by atomic mass is 10.3. The second kappa shape index (κ2) is 4.21. The van der Waals surface area contributed by atoms with Crippen LogP contribution in [0.15, 0.2) is 35.5 Å². The summed E-state index contributed by atoms with van der Waals surface area (Å²) in [6, 6.07) is 6.80. The maximum Gasteiger partial charge on any atom is 0.257 e. The summed E-state index contributed by atoms with van der Waals surface area (Å²) in [6.45, 7) is 0. The molecule has 0 amide bonds. The molecule has 0 spiro atoms. The molecular formula is C10H7FN4O2S. The minimum Gasteiger partial charge on any atom is -0.223 e. The molecule has 2 aromatic rings. The van der Waals surface area contributed by atoms with Gasteiger partial charge in [0.2, 0.25) is 0 Å². The standard InChI is InChI=1S/C10H7FN4O2S/c11-8-2-1-3-9(4-8)15-10(18(13,16)17)7(5-12)6-14-15/h1-4,6H,(H2,13,16,17). The molecule has 92 valence electrons. The van der Waals surface area contributed by atoms with Gasteiger partial charge in [-0.05, 0) is 18.2 Å². The second-order valence-electron chi connectivity index (χ2n) is 3.41. The average molecular weight is 266 g/mol. The Labute approximate surface area is 102 Å². The van der Waals surface area contributed by atoms with Crippen molar-refractivity contribution in [3.8, 4) is 11.8 Å². The average Bonchev–Trinajstić information content (AvgIpc) is 2.72. The summed E-state index contributed by atoms with van der Waals surface area (Å²) in [5.41, 5.74) is -0.0257. The largest absolute Gasteiger partial charge is 0.257 e. The van der Waals surface area contributed by atoms with Crippen LogP contribution in [0.4, 0.5) is 4.39 Å². The van der Waals surface area contributed by atoms with Gasteiger partial charge in [0.1, 0.15) is 17.4 Å². The van der Waals surface area contributed by atoms with Crippen LogP contribution in [0.25, 0.3) is 5.69 Å². The third kappa shape index (κ3) is 2.09. The van der Waals surface area contributed by atoms with Gasteiger partial charge < -0.3 is 0 Å². The van der Waals surface area contributed by atoms with Crippen molar-refractivity contribution in [2.45, 2.75) is 5.03 Å². The first kappa shape index (κ1) is 12.2. The second-order valence-corrected chi connectivity index (χ2v) is 4.89. The number of rotatable bonds is 2. The fourth-order valence-corrected chi connectivity index (χ4v) is 2.28. The van der Waals surface area contributed by atoms with E-state index in [1.807, 2.05) is 0 Å². The van der Waals surface area contributed by atoms with E-state index in [0.29, 0.717) is 0 Å². The zero-order chi connectivity index (χ0) is 13.3. The first-order valence-corrected chi connectivity index (χ1v) is 6.25. The topological polar surface area (TPSA) is 102 Å². The molecule has 0 bridgehead atoms. The highest BCUT2D eigenvalue weighted by Gasteiger charge is 2.22. The molecule has 1 aromatic carbocycles. The van der Waals surface area contributed by atoms with Gasteiger partial charge in [-0.1, -0.05) is 6.07 Å². The van der Waals surface area contributed by atoms with E-state index in [0.717, 1.165) is 16.9 Å². The summed E-state index contributed by atoms with van der Waals surface area (Å²) in [7, 11) is -4.14. The molecule has 0 atom stereocenters. The van der Waals surface area contributed by atoms with E-state index in [9.17, 15) is 12.8 Å². The molecule has 0 radical (unpaired) electrons. The van der Waals surface area contributed by atoms with Crippen molar-refractivity contribution in [1.82, 2.24) is 9.78 Å². The minimum absolute atomic E-state index is 0.167. The van der Waals surface area contributed by atoms with Gasteiger partial charge in [-0.2, -0.15) is 10.4 Å². The van der Waals surface area contributed by atoms with Gasteiger partial charge in [0.25, 0.3) is 10.0 Å². The maximum atomic E-state index is 13.1. The first-order valence-electron chi connectivity index (χ1n) is 4.70. The summed E-state index contributed by atoms with van der Waals surface area (Å²) < 4.78 is 36.8. The maximum absolute atomic E-state index is 13.1. The molecule has 1 heterocycles. The van der Waals surface area contributed by atoms with E-state index >= 15 is 0 Å². The highest BCUT2D eigenvalue weighted by molar-refractivity contribution is 7.89. The van der Waals surface area contributed by atoms with Crippen molar-refractivity contribution in [1.29, 1.82) is 5.26 Å². The molecule has 0 aliphatic rings. The van der Waals surface area contributed by atoms with Crippen LogP contribution in [0, 0.1) is 17.1 Å². The third-order valence-corrected chi connectivity index (χ3v) is 3.10. The van der Waals surface area contributed by atoms with Gasteiger partial charge in [0, 0.05) is 0 Å². The van der Waals surface area contributed by atoms with Gasteiger partial charge in [-0.25, -0.2) is 22.6 Å². The van der Waals surface area contributed by atoms with Crippen LogP contribution in [-0.2, 0) is 10.0 Å². The highest BCUT2D eigenvalue weighted by atomic mass is 32.2. The molecular weight excluding hydrogens is 259 g/mol. The van der Waals surface area contributed by atoms with E-state index in [-0.39, 0.29) is 11.3 Å². The summed E-state index contributed by atoms with van der Waals surface area (Å²) in [4.78, 5) is 0. The van der Waals surface area contributed by atoms with Gasteiger partial charge >= 0.3 is 0 Å². The van der Waals surface area contributed by atoms with Gasteiger partial charge in [0.15, 0.2) is 5.03 Å². The number of nitrogens with zero attached hydrogens (tertiary/aromatic N) is 3. The summed E-state index contributed by atoms with van der Waals surface area (Å²) >= 11 is 0. The summed E-state index contributed by atoms with van der Waals surface area (Å²) in [5.74, 6) is -0.554. The lowest BCUT2D eigenvalue weighted by Gasteiger charge is -2.05. The smallest absolute Gasteiger partial charge is 0.223 e. The molecule has 18 heavy (non-hydrogen) atoms. The van der Waals surface area contributed by atoms with Crippen LogP contribution in [0.5, 0.6) is 0 Å². The Morgan fingerprint density at radius 2 is 2.17 bits per heavy atom. The lowest BCUT2D eigenvalue weighted by Crippen LogP contribution is -2.18. The fraction of sp³-hybridized carbons (Fsp3) is 0. The van der Waals surface area contributed by atoms with Crippen molar-refractivity contribution < 1.29 is 12.8 Å². The fourth-order valence-electron chi connectivity index (χ4n) is 1.48. The van der Waals surface area contributed by atoms with Crippen LogP contribution in [0.1, 0.15) is 5.56 Å². The first-order chi connectivity index (χ1) is 8.43. The van der Waals surface area contributed by atoms with Crippen molar-refractivity contribution in [3.63, 3.8) is 0 Å². The number of sulfonamides is 1. The van der Waals surface area contributed by atoms with Crippen molar-refractivity contribution in [2.24, 2.45) is 5.14 Å². The molecule has 8 heteroatoms. The number of benzene rings is 1. The Morgan fingerprint density at radius 3 is 2.72 bits per heavy atom. The summed E-state index contributed by atoms with van der Waals surface area (Å²) in [6.07, 6.45) is 1.06. The molecule has 0 aliphatic carbocycles. The number of hydrogen-bond donors (Lipinski definition) is 1. The molecule has 0 saturated heterocycles. The number of hydrogen-bond acceptors (Lipinski definition) is 4. The quantitative estimate of drug-likeness (QED) is 0.856. The third-order valence-electron chi connectivity index (χ3n) is 2.17. The lowest BCUT2D eigenvalue weighted by molar-refractivity contribution is 0.585. The monoisotopic (exact) mass is 266 g/mol. The van der Waals surface area contributed by atoms with Crippen LogP contribution in [0.2, 0.25) is 0 Å². The Morgan fingerprint density at radius 1 is 1.44 bits per heavy atom. The highest BCUT2D eigenvalue weighted by Crippen LogP contribution is 2.18. The van der Waals surface area contributed by atoms with E-state index in [2.05, 4.69) is 5.10 Å². The Kier molecular flexibility index (Phi) is 2.86. The molecule has 0 unspecified atom stereocenters. The van der Waals surface area contributed by atoms with Crippen LogP contribution in [0.3, 0.4) is 0 Å². The SMILES string of the molecule is N#Cc1cnn(-c2cccc(F)c2)c1S(N)(=O)=O. The van der Waals surface area contributed by atoms with Crippen molar-refractivity contribution >= 4 is 10.0 Å². The number of primary sulfonamides is 1. The molecule has 0 aliphatic heterocycles. The molecule has 1 aromatic heterocycles. The number of halogens is 1. The van der Waals surface area contributed by atoms with Crippen LogP contribution in [-0.4, -0.2) is 18.2 Å². The van der Waals surface area contributed by atoms with Crippen LogP contribution >= 0.6 is 0 Å². The normalized spacial score (nSPS) is 11.2. The van der Waals surface area contributed by atoms with Crippen LogP contribution < -0.4 is 5.14 Å². The Bertz CT molecular complexity index is 745. The van der Waals surface area contributed by atoms with Gasteiger partial charge in [-0.15, -0.1) is 0 Å². The Balaban J connectivity index is 2.75. The number of aromatic nitrogens is 2. The number of nitriles is 1. The predicted molar refractivity (Wildman–Crippen MR) is 59.6 cm³/mol.